The number of aromatic nitrogens is 3. The number of rotatable bonds is 7. The maximum atomic E-state index is 13.0. The van der Waals surface area contributed by atoms with Crippen molar-refractivity contribution in [2.24, 2.45) is 0 Å². The summed E-state index contributed by atoms with van der Waals surface area (Å²) in [4.78, 5) is 0. The van der Waals surface area contributed by atoms with Crippen LogP contribution in [0.1, 0.15) is 29.4 Å². The van der Waals surface area contributed by atoms with Crippen LogP contribution in [-0.4, -0.2) is 14.8 Å². The molecule has 26 heavy (non-hydrogen) atoms. The zero-order valence-corrected chi connectivity index (χ0v) is 16.0. The molecule has 0 aliphatic rings. The van der Waals surface area contributed by atoms with E-state index < -0.39 is 0 Å². The third kappa shape index (κ3) is 4.43. The summed E-state index contributed by atoms with van der Waals surface area (Å²) in [5, 5.41) is 9.40. The first-order valence-corrected chi connectivity index (χ1v) is 9.54. The summed E-state index contributed by atoms with van der Waals surface area (Å²) in [7, 11) is 0. The first-order valence-electron chi connectivity index (χ1n) is 8.56. The minimum absolute atomic E-state index is 0.221. The third-order valence-electron chi connectivity index (χ3n) is 4.24. The average molecular weight is 371 g/mol. The van der Waals surface area contributed by atoms with Crippen LogP contribution in [0.4, 0.5) is 4.39 Å². The van der Waals surface area contributed by atoms with E-state index in [1.807, 2.05) is 12.1 Å². The summed E-state index contributed by atoms with van der Waals surface area (Å²) < 4.78 is 20.9. The maximum Gasteiger partial charge on any atom is 0.191 e. The Kier molecular flexibility index (Phi) is 5.93. The molecule has 1 heterocycles. The summed E-state index contributed by atoms with van der Waals surface area (Å²) >= 11 is 1.59. The molecule has 0 aliphatic carbocycles. The SMILES string of the molecule is CCn1c(COc2ccc(C)c(C)c2)nnc1SCc1ccc(F)cc1. The van der Waals surface area contributed by atoms with Crippen LogP contribution in [-0.2, 0) is 18.9 Å². The average Bonchev–Trinajstić information content (AvgIpc) is 3.04. The Morgan fingerprint density at radius 2 is 1.81 bits per heavy atom. The van der Waals surface area contributed by atoms with Crippen molar-refractivity contribution in [1.82, 2.24) is 14.8 Å². The molecule has 0 saturated carbocycles. The van der Waals surface area contributed by atoms with Crippen molar-refractivity contribution in [2.45, 2.75) is 44.8 Å². The predicted octanol–water partition coefficient (Wildman–Crippen LogP) is 4.93. The number of benzene rings is 2. The van der Waals surface area contributed by atoms with Gasteiger partial charge in [-0.05, 0) is 61.7 Å². The number of aryl methyl sites for hydroxylation is 2. The minimum atomic E-state index is -0.221. The van der Waals surface area contributed by atoms with Crippen molar-refractivity contribution in [3.63, 3.8) is 0 Å². The van der Waals surface area contributed by atoms with Gasteiger partial charge < -0.3 is 9.30 Å². The largest absolute Gasteiger partial charge is 0.486 e. The summed E-state index contributed by atoms with van der Waals surface area (Å²) in [6.45, 7) is 7.36. The predicted molar refractivity (Wildman–Crippen MR) is 102 cm³/mol. The molecule has 0 unspecified atom stereocenters. The quantitative estimate of drug-likeness (QED) is 0.553. The van der Waals surface area contributed by atoms with Crippen LogP contribution in [0.15, 0.2) is 47.6 Å². The Morgan fingerprint density at radius 3 is 2.50 bits per heavy atom. The topological polar surface area (TPSA) is 39.9 Å². The summed E-state index contributed by atoms with van der Waals surface area (Å²) in [5.41, 5.74) is 3.50. The van der Waals surface area contributed by atoms with Gasteiger partial charge in [0.05, 0.1) is 0 Å². The number of thioether (sulfide) groups is 1. The van der Waals surface area contributed by atoms with Gasteiger partial charge in [0, 0.05) is 12.3 Å². The Morgan fingerprint density at radius 1 is 1.04 bits per heavy atom. The van der Waals surface area contributed by atoms with E-state index >= 15 is 0 Å². The highest BCUT2D eigenvalue weighted by Crippen LogP contribution is 2.23. The first-order chi connectivity index (χ1) is 12.6. The van der Waals surface area contributed by atoms with Gasteiger partial charge in [0.1, 0.15) is 18.2 Å². The molecule has 3 aromatic rings. The van der Waals surface area contributed by atoms with Crippen molar-refractivity contribution >= 4 is 11.8 Å². The van der Waals surface area contributed by atoms with Crippen LogP contribution in [0.3, 0.4) is 0 Å². The second kappa shape index (κ2) is 8.36. The molecule has 3 rings (SSSR count). The van der Waals surface area contributed by atoms with Crippen LogP contribution in [0.2, 0.25) is 0 Å². The molecule has 0 N–H and O–H groups in total. The summed E-state index contributed by atoms with van der Waals surface area (Å²) in [6.07, 6.45) is 0. The molecule has 1 aromatic heterocycles. The van der Waals surface area contributed by atoms with Gasteiger partial charge in [-0.1, -0.05) is 30.0 Å². The van der Waals surface area contributed by atoms with Gasteiger partial charge in [-0.25, -0.2) is 4.39 Å². The number of halogens is 1. The molecule has 0 atom stereocenters. The molecular formula is C20H22FN3OS. The molecule has 0 aliphatic heterocycles. The number of nitrogens with zero attached hydrogens (tertiary/aromatic N) is 3. The van der Waals surface area contributed by atoms with Gasteiger partial charge in [-0.15, -0.1) is 10.2 Å². The van der Waals surface area contributed by atoms with Gasteiger partial charge in [-0.3, -0.25) is 0 Å². The van der Waals surface area contributed by atoms with Crippen LogP contribution in [0, 0.1) is 19.7 Å². The van der Waals surface area contributed by atoms with Gasteiger partial charge >= 0.3 is 0 Å². The Hall–Kier alpha value is -2.34. The standard InChI is InChI=1S/C20H22FN3OS/c1-4-24-19(12-25-18-10-5-14(2)15(3)11-18)22-23-20(24)26-13-16-6-8-17(21)9-7-16/h5-11H,4,12-13H2,1-3H3. The first kappa shape index (κ1) is 18.5. The van der Waals surface area contributed by atoms with E-state index in [9.17, 15) is 4.39 Å². The van der Waals surface area contributed by atoms with Crippen LogP contribution in [0.5, 0.6) is 5.75 Å². The van der Waals surface area contributed by atoms with Crippen LogP contribution in [0.25, 0.3) is 0 Å². The van der Waals surface area contributed by atoms with E-state index in [0.717, 1.165) is 34.6 Å². The number of hydrogen-bond donors (Lipinski definition) is 0. The monoisotopic (exact) mass is 371 g/mol. The third-order valence-corrected chi connectivity index (χ3v) is 5.28. The molecule has 0 saturated heterocycles. The molecule has 6 heteroatoms. The van der Waals surface area contributed by atoms with Gasteiger partial charge in [0.25, 0.3) is 0 Å². The fraction of sp³-hybridized carbons (Fsp3) is 0.300. The lowest BCUT2D eigenvalue weighted by Gasteiger charge is -2.10. The molecule has 0 radical (unpaired) electrons. The normalized spacial score (nSPS) is 10.9. The Labute approximate surface area is 157 Å². The fourth-order valence-electron chi connectivity index (χ4n) is 2.53. The highest BCUT2D eigenvalue weighted by atomic mass is 32.2. The van der Waals surface area contributed by atoms with Crippen molar-refractivity contribution in [2.75, 3.05) is 0 Å². The van der Waals surface area contributed by atoms with Gasteiger partial charge in [0.2, 0.25) is 0 Å². The lowest BCUT2D eigenvalue weighted by Crippen LogP contribution is -2.07. The van der Waals surface area contributed by atoms with Crippen LogP contribution < -0.4 is 4.74 Å². The lowest BCUT2D eigenvalue weighted by molar-refractivity contribution is 0.288. The van der Waals surface area contributed by atoms with E-state index in [0.29, 0.717) is 6.61 Å². The summed E-state index contributed by atoms with van der Waals surface area (Å²) in [5.74, 6) is 2.13. The van der Waals surface area contributed by atoms with Gasteiger partial charge in [-0.2, -0.15) is 0 Å². The molecule has 4 nitrogen and oxygen atoms in total. The number of ether oxygens (including phenoxy) is 1. The molecule has 0 amide bonds. The van der Waals surface area contributed by atoms with Crippen molar-refractivity contribution < 1.29 is 9.13 Å². The second-order valence-electron chi connectivity index (χ2n) is 6.09. The lowest BCUT2D eigenvalue weighted by atomic mass is 10.1. The van der Waals surface area contributed by atoms with E-state index in [-0.39, 0.29) is 5.82 Å². The van der Waals surface area contributed by atoms with Crippen molar-refractivity contribution in [3.8, 4) is 5.75 Å². The second-order valence-corrected chi connectivity index (χ2v) is 7.04. The van der Waals surface area contributed by atoms with E-state index in [1.54, 1.807) is 23.9 Å². The zero-order chi connectivity index (χ0) is 18.5. The van der Waals surface area contributed by atoms with Crippen molar-refractivity contribution in [1.29, 1.82) is 0 Å². The highest BCUT2D eigenvalue weighted by Gasteiger charge is 2.12. The maximum absolute atomic E-state index is 13.0. The van der Waals surface area contributed by atoms with E-state index in [2.05, 4.69) is 41.6 Å². The molecule has 0 bridgehead atoms. The molecule has 0 fully saturated rings. The minimum Gasteiger partial charge on any atom is -0.486 e. The smallest absolute Gasteiger partial charge is 0.191 e. The number of hydrogen-bond acceptors (Lipinski definition) is 4. The Bertz CT molecular complexity index is 877. The fourth-order valence-corrected chi connectivity index (χ4v) is 3.51. The zero-order valence-electron chi connectivity index (χ0n) is 15.2. The Balaban J connectivity index is 1.65. The molecular weight excluding hydrogens is 349 g/mol. The molecule has 2 aromatic carbocycles. The molecule has 0 spiro atoms. The van der Waals surface area contributed by atoms with E-state index in [1.165, 1.54) is 23.3 Å². The highest BCUT2D eigenvalue weighted by molar-refractivity contribution is 7.98. The molecule has 136 valence electrons. The van der Waals surface area contributed by atoms with Crippen molar-refractivity contribution in [3.05, 3.63) is 70.8 Å². The van der Waals surface area contributed by atoms with Crippen LogP contribution >= 0.6 is 11.8 Å². The van der Waals surface area contributed by atoms with Gasteiger partial charge in [0.15, 0.2) is 11.0 Å². The summed E-state index contributed by atoms with van der Waals surface area (Å²) in [6, 6.07) is 12.6. The van der Waals surface area contributed by atoms with E-state index in [4.69, 9.17) is 4.74 Å².